The van der Waals surface area contributed by atoms with E-state index in [1.807, 2.05) is 0 Å². The molecule has 0 bridgehead atoms. The van der Waals surface area contributed by atoms with Crippen LogP contribution in [0, 0.1) is 0 Å². The van der Waals surface area contributed by atoms with E-state index in [1.165, 1.54) is 6.07 Å². The Morgan fingerprint density at radius 1 is 1.04 bits per heavy atom. The zero-order valence-corrected chi connectivity index (χ0v) is 16.5. The molecule has 0 saturated carbocycles. The summed E-state index contributed by atoms with van der Waals surface area (Å²) in [7, 11) is 0. The molecule has 142 valence electrons. The van der Waals surface area contributed by atoms with Gasteiger partial charge in [-0.15, -0.1) is 0 Å². The summed E-state index contributed by atoms with van der Waals surface area (Å²) in [5.41, 5.74) is 6.55. The van der Waals surface area contributed by atoms with Crippen LogP contribution in [0.1, 0.15) is 20.9 Å². The maximum absolute atomic E-state index is 12.4. The van der Waals surface area contributed by atoms with Crippen LogP contribution in [0.25, 0.3) is 11.3 Å². The number of para-hydroxylation sites is 1. The van der Waals surface area contributed by atoms with Crippen LogP contribution in [0.3, 0.4) is 0 Å². The van der Waals surface area contributed by atoms with Gasteiger partial charge in [-0.2, -0.15) is 0 Å². The van der Waals surface area contributed by atoms with Crippen molar-refractivity contribution in [2.75, 3.05) is 5.32 Å². The number of hydrogen-bond donors (Lipinski definition) is 3. The number of nitrogens with two attached hydrogens (primary N) is 1. The molecule has 0 aliphatic rings. The molecule has 1 aromatic heterocycles. The molecule has 1 heterocycles. The van der Waals surface area contributed by atoms with E-state index >= 15 is 0 Å². The van der Waals surface area contributed by atoms with Crippen LogP contribution < -0.4 is 16.4 Å². The fourth-order valence-corrected chi connectivity index (χ4v) is 3.12. The zero-order chi connectivity index (χ0) is 20.3. The van der Waals surface area contributed by atoms with E-state index in [2.05, 4.69) is 10.6 Å². The molecular formula is C19H13Cl2N3O3S. The van der Waals surface area contributed by atoms with Crippen molar-refractivity contribution in [3.05, 3.63) is 76.0 Å². The fraction of sp³-hybridized carbons (Fsp3) is 0. The molecule has 0 spiro atoms. The third-order valence-corrected chi connectivity index (χ3v) is 4.45. The molecule has 28 heavy (non-hydrogen) atoms. The second-order valence-corrected chi connectivity index (χ2v) is 6.86. The minimum Gasteiger partial charge on any atom is -0.451 e. The number of carbonyl (C=O) groups excluding carboxylic acids is 2. The zero-order valence-electron chi connectivity index (χ0n) is 14.2. The van der Waals surface area contributed by atoms with Crippen molar-refractivity contribution in [2.45, 2.75) is 0 Å². The normalized spacial score (nSPS) is 10.4. The Hall–Kier alpha value is -2.87. The molecule has 0 unspecified atom stereocenters. The van der Waals surface area contributed by atoms with Gasteiger partial charge in [0, 0.05) is 10.6 Å². The summed E-state index contributed by atoms with van der Waals surface area (Å²) in [5.74, 6) is -0.740. The number of hydrogen-bond acceptors (Lipinski definition) is 4. The molecule has 3 rings (SSSR count). The number of nitrogens with one attached hydrogen (secondary N) is 2. The van der Waals surface area contributed by atoms with E-state index in [9.17, 15) is 9.59 Å². The van der Waals surface area contributed by atoms with Crippen molar-refractivity contribution in [1.82, 2.24) is 5.32 Å². The van der Waals surface area contributed by atoms with Gasteiger partial charge in [0.05, 0.1) is 16.3 Å². The van der Waals surface area contributed by atoms with Crippen molar-refractivity contribution >= 4 is 58.0 Å². The van der Waals surface area contributed by atoms with Crippen molar-refractivity contribution in [2.24, 2.45) is 5.73 Å². The van der Waals surface area contributed by atoms with Crippen LogP contribution in [0.5, 0.6) is 0 Å². The van der Waals surface area contributed by atoms with Gasteiger partial charge in [-0.1, -0.05) is 35.3 Å². The lowest BCUT2D eigenvalue weighted by molar-refractivity contribution is 0.0950. The van der Waals surface area contributed by atoms with Gasteiger partial charge in [-0.3, -0.25) is 14.9 Å². The second-order valence-electron chi connectivity index (χ2n) is 5.61. The van der Waals surface area contributed by atoms with Crippen molar-refractivity contribution in [3.8, 4) is 11.3 Å². The first-order valence-corrected chi connectivity index (χ1v) is 9.08. The van der Waals surface area contributed by atoms with E-state index < -0.39 is 11.8 Å². The number of carbonyl (C=O) groups is 2. The molecular weight excluding hydrogens is 421 g/mol. The summed E-state index contributed by atoms with van der Waals surface area (Å²) in [6, 6.07) is 14.6. The number of thiocarbonyl (C=S) groups is 1. The number of primary amides is 1. The molecule has 0 saturated heterocycles. The Bertz CT molecular complexity index is 1080. The Kier molecular flexibility index (Phi) is 5.99. The van der Waals surface area contributed by atoms with Crippen LogP contribution in [0.4, 0.5) is 5.69 Å². The summed E-state index contributed by atoms with van der Waals surface area (Å²) in [4.78, 5) is 23.8. The number of amides is 2. The number of furan rings is 1. The van der Waals surface area contributed by atoms with E-state index in [0.29, 0.717) is 27.1 Å². The lowest BCUT2D eigenvalue weighted by Gasteiger charge is -2.11. The summed E-state index contributed by atoms with van der Waals surface area (Å²) >= 11 is 17.2. The monoisotopic (exact) mass is 433 g/mol. The largest absolute Gasteiger partial charge is 0.451 e. The average molecular weight is 434 g/mol. The highest BCUT2D eigenvalue weighted by Crippen LogP contribution is 2.31. The first-order valence-electron chi connectivity index (χ1n) is 7.91. The molecule has 6 nitrogen and oxygen atoms in total. The fourth-order valence-electron chi connectivity index (χ4n) is 2.42. The number of rotatable bonds is 4. The molecule has 2 amide bonds. The first kappa shape index (κ1) is 19.9. The molecule has 0 aliphatic heterocycles. The minimum absolute atomic E-state index is 0.0128. The highest BCUT2D eigenvalue weighted by molar-refractivity contribution is 7.80. The van der Waals surface area contributed by atoms with Gasteiger partial charge in [0.15, 0.2) is 10.9 Å². The first-order chi connectivity index (χ1) is 13.3. The Balaban J connectivity index is 1.71. The summed E-state index contributed by atoms with van der Waals surface area (Å²) in [6.45, 7) is 0. The lowest BCUT2D eigenvalue weighted by Crippen LogP contribution is -2.34. The maximum Gasteiger partial charge on any atom is 0.293 e. The SMILES string of the molecule is NC(=O)c1ccccc1NC(=S)NC(=O)c1ccc(-c2ccc(Cl)cc2Cl)o1. The van der Waals surface area contributed by atoms with Gasteiger partial charge in [0.25, 0.3) is 11.8 Å². The van der Waals surface area contributed by atoms with E-state index in [-0.39, 0.29) is 16.4 Å². The highest BCUT2D eigenvalue weighted by atomic mass is 35.5. The van der Waals surface area contributed by atoms with Crippen LogP contribution in [-0.4, -0.2) is 16.9 Å². The van der Waals surface area contributed by atoms with Crippen LogP contribution in [-0.2, 0) is 0 Å². The van der Waals surface area contributed by atoms with Gasteiger partial charge < -0.3 is 15.5 Å². The van der Waals surface area contributed by atoms with Gasteiger partial charge in [0.1, 0.15) is 5.76 Å². The summed E-state index contributed by atoms with van der Waals surface area (Å²) < 4.78 is 5.56. The minimum atomic E-state index is -0.618. The number of halogens is 2. The number of benzene rings is 2. The van der Waals surface area contributed by atoms with Crippen LogP contribution in [0.15, 0.2) is 59.0 Å². The lowest BCUT2D eigenvalue weighted by atomic mass is 10.1. The quantitative estimate of drug-likeness (QED) is 0.526. The van der Waals surface area contributed by atoms with Crippen LogP contribution >= 0.6 is 35.4 Å². The molecule has 4 N–H and O–H groups in total. The number of anilines is 1. The third-order valence-electron chi connectivity index (χ3n) is 3.69. The molecule has 9 heteroatoms. The predicted molar refractivity (Wildman–Crippen MR) is 113 cm³/mol. The molecule has 0 aliphatic carbocycles. The predicted octanol–water partition coefficient (Wildman–Crippen LogP) is 4.48. The molecule has 2 aromatic carbocycles. The highest BCUT2D eigenvalue weighted by Gasteiger charge is 2.16. The molecule has 0 fully saturated rings. The van der Waals surface area contributed by atoms with Gasteiger partial charge in [-0.05, 0) is 54.7 Å². The Labute approximate surface area is 175 Å². The Morgan fingerprint density at radius 2 is 1.79 bits per heavy atom. The summed E-state index contributed by atoms with van der Waals surface area (Å²) in [6.07, 6.45) is 0. The van der Waals surface area contributed by atoms with Crippen LogP contribution in [0.2, 0.25) is 10.0 Å². The third kappa shape index (κ3) is 4.51. The Morgan fingerprint density at radius 3 is 2.50 bits per heavy atom. The van der Waals surface area contributed by atoms with E-state index in [0.717, 1.165) is 0 Å². The van der Waals surface area contributed by atoms with E-state index in [1.54, 1.807) is 48.5 Å². The maximum atomic E-state index is 12.4. The van der Waals surface area contributed by atoms with Crippen molar-refractivity contribution in [3.63, 3.8) is 0 Å². The van der Waals surface area contributed by atoms with Crippen molar-refractivity contribution < 1.29 is 14.0 Å². The van der Waals surface area contributed by atoms with Crippen molar-refractivity contribution in [1.29, 1.82) is 0 Å². The second kappa shape index (κ2) is 8.43. The topological polar surface area (TPSA) is 97.4 Å². The standard InChI is InChI=1S/C19H13Cl2N3O3S/c20-10-5-6-11(13(21)9-10)15-7-8-16(27-15)18(26)24-19(28)23-14-4-2-1-3-12(14)17(22)25/h1-9H,(H2,22,25)(H2,23,24,26,28). The molecule has 3 aromatic rings. The molecule has 0 atom stereocenters. The average Bonchev–Trinajstić information content (AvgIpc) is 3.11. The molecule has 0 radical (unpaired) electrons. The van der Waals surface area contributed by atoms with E-state index in [4.69, 9.17) is 45.6 Å². The van der Waals surface area contributed by atoms with Gasteiger partial charge in [0.2, 0.25) is 0 Å². The smallest absolute Gasteiger partial charge is 0.293 e. The summed E-state index contributed by atoms with van der Waals surface area (Å²) in [5, 5.41) is 6.12. The van der Waals surface area contributed by atoms with Gasteiger partial charge >= 0.3 is 0 Å². The van der Waals surface area contributed by atoms with Gasteiger partial charge in [-0.25, -0.2) is 0 Å².